The van der Waals surface area contributed by atoms with Gasteiger partial charge in [0.05, 0.1) is 6.61 Å². The van der Waals surface area contributed by atoms with E-state index in [0.717, 1.165) is 30.6 Å². The Kier molecular flexibility index (Phi) is 4.32. The van der Waals surface area contributed by atoms with Crippen LogP contribution in [0.5, 0.6) is 5.75 Å². The van der Waals surface area contributed by atoms with E-state index in [2.05, 4.69) is 5.32 Å². The molecule has 1 aromatic rings. The summed E-state index contributed by atoms with van der Waals surface area (Å²) in [5.74, 6) is 1.09. The number of carbonyl (C=O) groups is 2. The minimum absolute atomic E-state index is 0.0572. The Morgan fingerprint density at radius 2 is 2.14 bits per heavy atom. The van der Waals surface area contributed by atoms with Crippen LogP contribution >= 0.6 is 0 Å². The summed E-state index contributed by atoms with van der Waals surface area (Å²) < 4.78 is 5.65. The number of likely N-dealkylation sites (N-methyl/N-ethyl adjacent to an activating group) is 1. The number of carbonyl (C=O) groups excluding carboxylic acids is 2. The van der Waals surface area contributed by atoms with Gasteiger partial charge < -0.3 is 15.0 Å². The van der Waals surface area contributed by atoms with Gasteiger partial charge in [0.2, 0.25) is 11.8 Å². The van der Waals surface area contributed by atoms with Gasteiger partial charge in [0, 0.05) is 20.0 Å². The van der Waals surface area contributed by atoms with Gasteiger partial charge >= 0.3 is 0 Å². The van der Waals surface area contributed by atoms with Gasteiger partial charge in [-0.15, -0.1) is 0 Å². The molecule has 0 aliphatic carbocycles. The van der Waals surface area contributed by atoms with Gasteiger partial charge in [-0.1, -0.05) is 18.2 Å². The summed E-state index contributed by atoms with van der Waals surface area (Å²) in [6.45, 7) is 1.33. The van der Waals surface area contributed by atoms with Gasteiger partial charge in [-0.2, -0.15) is 0 Å². The quantitative estimate of drug-likeness (QED) is 0.924. The number of hydrogen-bond donors (Lipinski definition) is 1. The predicted molar refractivity (Wildman–Crippen MR) is 82.7 cm³/mol. The van der Waals surface area contributed by atoms with Crippen molar-refractivity contribution in [2.24, 2.45) is 0 Å². The van der Waals surface area contributed by atoms with E-state index >= 15 is 0 Å². The second kappa shape index (κ2) is 6.38. The van der Waals surface area contributed by atoms with Crippen molar-refractivity contribution in [3.63, 3.8) is 0 Å². The lowest BCUT2D eigenvalue weighted by Gasteiger charge is -2.29. The Morgan fingerprint density at radius 1 is 1.32 bits per heavy atom. The summed E-state index contributed by atoms with van der Waals surface area (Å²) >= 11 is 0. The van der Waals surface area contributed by atoms with Gasteiger partial charge in [0.25, 0.3) is 0 Å². The fourth-order valence-electron chi connectivity index (χ4n) is 3.46. The molecule has 0 saturated carbocycles. The van der Waals surface area contributed by atoms with E-state index in [9.17, 15) is 9.59 Å². The third kappa shape index (κ3) is 2.80. The Hall–Kier alpha value is -2.04. The highest BCUT2D eigenvalue weighted by atomic mass is 16.5. The highest BCUT2D eigenvalue weighted by molar-refractivity contribution is 5.88. The molecule has 1 fully saturated rings. The van der Waals surface area contributed by atoms with Crippen LogP contribution in [0.1, 0.15) is 37.2 Å². The van der Waals surface area contributed by atoms with Crippen molar-refractivity contribution in [3.05, 3.63) is 29.8 Å². The number of para-hydroxylation sites is 1. The zero-order valence-electron chi connectivity index (χ0n) is 12.9. The molecule has 2 heterocycles. The number of hydrogen-bond acceptors (Lipinski definition) is 3. The van der Waals surface area contributed by atoms with Crippen molar-refractivity contribution >= 4 is 11.8 Å². The smallest absolute Gasteiger partial charge is 0.242 e. The Bertz CT molecular complexity index is 573. The van der Waals surface area contributed by atoms with Crippen LogP contribution in [0.4, 0.5) is 0 Å². The first kappa shape index (κ1) is 14.9. The zero-order chi connectivity index (χ0) is 15.5. The third-order valence-corrected chi connectivity index (χ3v) is 4.63. The number of nitrogens with zero attached hydrogens (tertiary/aromatic N) is 1. The first-order chi connectivity index (χ1) is 10.7. The molecule has 2 aliphatic heterocycles. The van der Waals surface area contributed by atoms with Gasteiger partial charge in [0.1, 0.15) is 11.8 Å². The number of benzene rings is 1. The fraction of sp³-hybridized carbons (Fsp3) is 0.529. The molecule has 0 aromatic heterocycles. The van der Waals surface area contributed by atoms with E-state index in [1.807, 2.05) is 24.3 Å². The number of likely N-dealkylation sites (tertiary alicyclic amines) is 1. The van der Waals surface area contributed by atoms with E-state index < -0.39 is 0 Å². The number of amides is 2. The first-order valence-electron chi connectivity index (χ1n) is 7.93. The molecule has 0 bridgehead atoms. The second-order valence-corrected chi connectivity index (χ2v) is 5.94. The van der Waals surface area contributed by atoms with E-state index in [0.29, 0.717) is 19.6 Å². The van der Waals surface area contributed by atoms with Crippen molar-refractivity contribution in [1.82, 2.24) is 10.2 Å². The molecule has 2 atom stereocenters. The average Bonchev–Trinajstić information content (AvgIpc) is 3.04. The van der Waals surface area contributed by atoms with Gasteiger partial charge in [-0.05, 0) is 36.8 Å². The van der Waals surface area contributed by atoms with Crippen LogP contribution in [-0.2, 0) is 9.59 Å². The van der Waals surface area contributed by atoms with Gasteiger partial charge in [-0.3, -0.25) is 9.59 Å². The maximum absolute atomic E-state index is 12.7. The van der Waals surface area contributed by atoms with E-state index in [1.165, 1.54) is 0 Å². The number of ether oxygens (including phenoxy) is 1. The van der Waals surface area contributed by atoms with Crippen LogP contribution < -0.4 is 10.1 Å². The SMILES string of the molecule is CNC(=O)C1CCCN1C(=O)CC1CCOc2ccccc21. The normalized spacial score (nSPS) is 23.6. The molecule has 1 saturated heterocycles. The standard InChI is InChI=1S/C17H22N2O3/c1-18-17(21)14-6-4-9-19(14)16(20)11-12-8-10-22-15-7-3-2-5-13(12)15/h2-3,5,7,12,14H,4,6,8-11H2,1H3,(H,18,21). The molecule has 5 nitrogen and oxygen atoms in total. The maximum Gasteiger partial charge on any atom is 0.242 e. The second-order valence-electron chi connectivity index (χ2n) is 5.94. The van der Waals surface area contributed by atoms with Crippen LogP contribution in [0.2, 0.25) is 0 Å². The van der Waals surface area contributed by atoms with Crippen molar-refractivity contribution < 1.29 is 14.3 Å². The Labute approximate surface area is 130 Å². The largest absolute Gasteiger partial charge is 0.493 e. The molecule has 3 rings (SSSR count). The molecule has 1 aromatic carbocycles. The number of nitrogens with one attached hydrogen (secondary N) is 1. The van der Waals surface area contributed by atoms with Crippen LogP contribution in [0.25, 0.3) is 0 Å². The van der Waals surface area contributed by atoms with Crippen molar-refractivity contribution in [2.75, 3.05) is 20.2 Å². The Morgan fingerprint density at radius 3 is 2.95 bits per heavy atom. The molecule has 0 spiro atoms. The summed E-state index contributed by atoms with van der Waals surface area (Å²) in [6.07, 6.45) is 2.96. The van der Waals surface area contributed by atoms with Crippen LogP contribution in [-0.4, -0.2) is 43.0 Å². The minimum Gasteiger partial charge on any atom is -0.493 e. The van der Waals surface area contributed by atoms with E-state index in [-0.39, 0.29) is 23.8 Å². The molecule has 22 heavy (non-hydrogen) atoms. The topological polar surface area (TPSA) is 58.6 Å². The van der Waals surface area contributed by atoms with E-state index in [4.69, 9.17) is 4.74 Å². The van der Waals surface area contributed by atoms with Gasteiger partial charge in [0.15, 0.2) is 0 Å². The number of fused-ring (bicyclic) bond motifs is 1. The van der Waals surface area contributed by atoms with Crippen LogP contribution in [0, 0.1) is 0 Å². The molecule has 2 aliphatic rings. The van der Waals surface area contributed by atoms with Gasteiger partial charge in [-0.25, -0.2) is 0 Å². The van der Waals surface area contributed by atoms with Crippen molar-refractivity contribution in [1.29, 1.82) is 0 Å². The molecule has 5 heteroatoms. The minimum atomic E-state index is -0.299. The molecule has 2 amide bonds. The van der Waals surface area contributed by atoms with Crippen molar-refractivity contribution in [2.45, 2.75) is 37.6 Å². The van der Waals surface area contributed by atoms with E-state index in [1.54, 1.807) is 11.9 Å². The number of rotatable bonds is 3. The summed E-state index contributed by atoms with van der Waals surface area (Å²) in [5.41, 5.74) is 1.11. The Balaban J connectivity index is 1.71. The van der Waals surface area contributed by atoms with Crippen LogP contribution in [0.15, 0.2) is 24.3 Å². The van der Waals surface area contributed by atoms with Crippen LogP contribution in [0.3, 0.4) is 0 Å². The highest BCUT2D eigenvalue weighted by Crippen LogP contribution is 2.36. The summed E-state index contributed by atoms with van der Waals surface area (Å²) in [5, 5.41) is 2.66. The third-order valence-electron chi connectivity index (χ3n) is 4.63. The predicted octanol–water partition coefficient (Wildman–Crippen LogP) is 1.68. The summed E-state index contributed by atoms with van der Waals surface area (Å²) in [7, 11) is 1.62. The lowest BCUT2D eigenvalue weighted by Crippen LogP contribution is -2.45. The van der Waals surface area contributed by atoms with Crippen molar-refractivity contribution in [3.8, 4) is 5.75 Å². The molecule has 2 unspecified atom stereocenters. The molecule has 1 N–H and O–H groups in total. The lowest BCUT2D eigenvalue weighted by atomic mass is 9.90. The molecular weight excluding hydrogens is 280 g/mol. The first-order valence-corrected chi connectivity index (χ1v) is 7.93. The highest BCUT2D eigenvalue weighted by Gasteiger charge is 2.35. The fourth-order valence-corrected chi connectivity index (χ4v) is 3.46. The summed E-state index contributed by atoms with van der Waals surface area (Å²) in [6, 6.07) is 7.62. The maximum atomic E-state index is 12.7. The zero-order valence-corrected chi connectivity index (χ0v) is 12.9. The molecule has 0 radical (unpaired) electrons. The molecule has 118 valence electrons. The molecular formula is C17H22N2O3. The monoisotopic (exact) mass is 302 g/mol. The lowest BCUT2D eigenvalue weighted by molar-refractivity contribution is -0.138. The average molecular weight is 302 g/mol. The summed E-state index contributed by atoms with van der Waals surface area (Å²) in [4.78, 5) is 26.3.